The average Bonchev–Trinajstić information content (AvgIpc) is 2.61. The average molecular weight is 307 g/mol. The molecule has 1 rings (SSSR count). The molecule has 3 N–H and O–H groups in total. The lowest BCUT2D eigenvalue weighted by molar-refractivity contribution is -0.141. The first-order valence-electron chi connectivity index (χ1n) is 5.12. The predicted molar refractivity (Wildman–Crippen MR) is 69.5 cm³/mol. The number of rotatable bonds is 6. The zero-order chi connectivity index (χ0) is 14.6. The van der Waals surface area contributed by atoms with Crippen molar-refractivity contribution in [1.82, 2.24) is 10.3 Å². The summed E-state index contributed by atoms with van der Waals surface area (Å²) in [7, 11) is -3.40. The first-order valence-corrected chi connectivity index (χ1v) is 7.89. The lowest BCUT2D eigenvalue weighted by Crippen LogP contribution is -2.39. The van der Waals surface area contributed by atoms with Crippen LogP contribution < -0.4 is 10.0 Å². The van der Waals surface area contributed by atoms with Gasteiger partial charge in [-0.3, -0.25) is 14.3 Å². The zero-order valence-corrected chi connectivity index (χ0v) is 11.8. The second kappa shape index (κ2) is 5.97. The first kappa shape index (κ1) is 15.4. The number of hydrogen-bond donors (Lipinski definition) is 3. The summed E-state index contributed by atoms with van der Waals surface area (Å²) in [6.45, 7) is 1.35. The van der Waals surface area contributed by atoms with Gasteiger partial charge in [0.05, 0.1) is 18.4 Å². The molecule has 0 radical (unpaired) electrons. The van der Waals surface area contributed by atoms with Crippen molar-refractivity contribution in [2.45, 2.75) is 19.4 Å². The van der Waals surface area contributed by atoms with Crippen LogP contribution in [-0.2, 0) is 26.0 Å². The van der Waals surface area contributed by atoms with Gasteiger partial charge in [-0.05, 0) is 6.92 Å². The SMILES string of the molecule is CC(NC(=O)Cc1csc(NS(C)(=O)=O)n1)C(=O)O. The predicted octanol–water partition coefficient (Wildman–Crippen LogP) is -0.354. The van der Waals surface area contributed by atoms with Crippen LogP contribution in [0.4, 0.5) is 5.13 Å². The fourth-order valence-electron chi connectivity index (χ4n) is 1.11. The Bertz CT molecular complexity index is 580. The molecule has 0 saturated carbocycles. The van der Waals surface area contributed by atoms with Crippen LogP contribution in [0.1, 0.15) is 12.6 Å². The van der Waals surface area contributed by atoms with Gasteiger partial charge in [0.2, 0.25) is 15.9 Å². The number of anilines is 1. The number of carboxylic acid groups (broad SMARTS) is 1. The number of carbonyl (C=O) groups is 2. The van der Waals surface area contributed by atoms with Crippen molar-refractivity contribution in [2.24, 2.45) is 0 Å². The minimum atomic E-state index is -3.40. The van der Waals surface area contributed by atoms with Gasteiger partial charge in [-0.1, -0.05) is 0 Å². The molecule has 1 heterocycles. The van der Waals surface area contributed by atoms with Gasteiger partial charge in [0.15, 0.2) is 5.13 Å². The summed E-state index contributed by atoms with van der Waals surface area (Å²) >= 11 is 1.05. The number of aromatic nitrogens is 1. The maximum atomic E-state index is 11.5. The number of thiazole rings is 1. The van der Waals surface area contributed by atoms with Crippen molar-refractivity contribution in [2.75, 3.05) is 11.0 Å². The van der Waals surface area contributed by atoms with Crippen LogP contribution in [-0.4, -0.2) is 42.7 Å². The van der Waals surface area contributed by atoms with E-state index in [0.717, 1.165) is 17.6 Å². The number of carboxylic acids is 1. The summed E-state index contributed by atoms with van der Waals surface area (Å²) in [6, 6.07) is -0.986. The molecule has 1 aromatic heterocycles. The molecule has 0 aliphatic carbocycles. The van der Waals surface area contributed by atoms with Gasteiger partial charge in [0.1, 0.15) is 6.04 Å². The summed E-state index contributed by atoms with van der Waals surface area (Å²) in [6.07, 6.45) is 0.884. The Morgan fingerprint density at radius 3 is 2.68 bits per heavy atom. The van der Waals surface area contributed by atoms with E-state index in [4.69, 9.17) is 5.11 Å². The van der Waals surface area contributed by atoms with Gasteiger partial charge in [0.25, 0.3) is 0 Å². The van der Waals surface area contributed by atoms with Crippen molar-refractivity contribution in [3.8, 4) is 0 Å². The molecule has 0 fully saturated rings. The second-order valence-corrected chi connectivity index (χ2v) is 6.43. The maximum absolute atomic E-state index is 11.5. The molecule has 1 unspecified atom stereocenters. The Morgan fingerprint density at radius 1 is 1.53 bits per heavy atom. The van der Waals surface area contributed by atoms with Crippen molar-refractivity contribution < 1.29 is 23.1 Å². The Kier molecular flexibility index (Phi) is 4.84. The quantitative estimate of drug-likeness (QED) is 0.659. The van der Waals surface area contributed by atoms with Gasteiger partial charge in [-0.15, -0.1) is 11.3 Å². The van der Waals surface area contributed by atoms with E-state index in [9.17, 15) is 18.0 Å². The molecule has 0 aliphatic heterocycles. The van der Waals surface area contributed by atoms with E-state index in [1.54, 1.807) is 0 Å². The molecule has 0 saturated heterocycles. The van der Waals surface area contributed by atoms with Gasteiger partial charge in [-0.2, -0.15) is 0 Å². The number of sulfonamides is 1. The Labute approximate surface area is 113 Å². The number of nitrogens with one attached hydrogen (secondary N) is 2. The number of carbonyl (C=O) groups excluding carboxylic acids is 1. The minimum Gasteiger partial charge on any atom is -0.480 e. The highest BCUT2D eigenvalue weighted by Crippen LogP contribution is 2.16. The third-order valence-corrected chi connectivity index (χ3v) is 3.41. The monoisotopic (exact) mass is 307 g/mol. The van der Waals surface area contributed by atoms with Gasteiger partial charge >= 0.3 is 5.97 Å². The van der Waals surface area contributed by atoms with Crippen LogP contribution in [0.25, 0.3) is 0 Å². The van der Waals surface area contributed by atoms with E-state index < -0.39 is 27.9 Å². The van der Waals surface area contributed by atoms with Gasteiger partial charge in [-0.25, -0.2) is 13.4 Å². The first-order chi connectivity index (χ1) is 8.67. The fraction of sp³-hybridized carbons (Fsp3) is 0.444. The number of nitrogens with zero attached hydrogens (tertiary/aromatic N) is 1. The molecular weight excluding hydrogens is 294 g/mol. The molecule has 0 bridgehead atoms. The Balaban J connectivity index is 2.59. The molecule has 0 spiro atoms. The fourth-order valence-corrected chi connectivity index (χ4v) is 2.68. The van der Waals surface area contributed by atoms with Crippen LogP contribution in [0.2, 0.25) is 0 Å². The molecule has 0 aliphatic rings. The van der Waals surface area contributed by atoms with Crippen LogP contribution in [0.5, 0.6) is 0 Å². The van der Waals surface area contributed by atoms with Crippen molar-refractivity contribution in [3.05, 3.63) is 11.1 Å². The lowest BCUT2D eigenvalue weighted by atomic mass is 10.3. The highest BCUT2D eigenvalue weighted by Gasteiger charge is 2.15. The summed E-state index contributed by atoms with van der Waals surface area (Å²) in [5, 5.41) is 12.6. The van der Waals surface area contributed by atoms with Crippen molar-refractivity contribution in [1.29, 1.82) is 0 Å². The van der Waals surface area contributed by atoms with E-state index in [-0.39, 0.29) is 11.6 Å². The second-order valence-electron chi connectivity index (χ2n) is 3.82. The van der Waals surface area contributed by atoms with Crippen LogP contribution in [0, 0.1) is 0 Å². The molecule has 10 heteroatoms. The Hall–Kier alpha value is -1.68. The molecule has 1 aromatic rings. The highest BCUT2D eigenvalue weighted by atomic mass is 32.2. The third kappa shape index (κ3) is 5.66. The number of aliphatic carboxylic acids is 1. The van der Waals surface area contributed by atoms with Crippen molar-refractivity contribution in [3.63, 3.8) is 0 Å². The van der Waals surface area contributed by atoms with Crippen molar-refractivity contribution >= 4 is 38.4 Å². The van der Waals surface area contributed by atoms with E-state index in [2.05, 4.69) is 15.0 Å². The zero-order valence-electron chi connectivity index (χ0n) is 10.2. The highest BCUT2D eigenvalue weighted by molar-refractivity contribution is 7.92. The summed E-state index contributed by atoms with van der Waals surface area (Å²) < 4.78 is 24.1. The van der Waals surface area contributed by atoms with Gasteiger partial charge in [0, 0.05) is 5.38 Å². The molecular formula is C9H13N3O5S2. The summed E-state index contributed by atoms with van der Waals surface area (Å²) in [5.74, 6) is -1.63. The normalized spacial score (nSPS) is 12.7. The molecule has 1 amide bonds. The molecule has 19 heavy (non-hydrogen) atoms. The minimum absolute atomic E-state index is 0.112. The molecule has 8 nitrogen and oxygen atoms in total. The van der Waals surface area contributed by atoms with Crippen LogP contribution >= 0.6 is 11.3 Å². The van der Waals surface area contributed by atoms with E-state index >= 15 is 0 Å². The largest absolute Gasteiger partial charge is 0.480 e. The molecule has 0 aromatic carbocycles. The van der Waals surface area contributed by atoms with Crippen LogP contribution in [0.3, 0.4) is 0 Å². The third-order valence-electron chi connectivity index (χ3n) is 1.91. The summed E-state index contributed by atoms with van der Waals surface area (Å²) in [4.78, 5) is 25.9. The maximum Gasteiger partial charge on any atom is 0.325 e. The van der Waals surface area contributed by atoms with Crippen LogP contribution in [0.15, 0.2) is 5.38 Å². The number of amides is 1. The number of hydrogen-bond acceptors (Lipinski definition) is 6. The van der Waals surface area contributed by atoms with Gasteiger partial charge < -0.3 is 10.4 Å². The smallest absolute Gasteiger partial charge is 0.325 e. The van der Waals surface area contributed by atoms with E-state index in [1.807, 2.05) is 0 Å². The topological polar surface area (TPSA) is 125 Å². The Morgan fingerprint density at radius 2 is 2.16 bits per heavy atom. The summed E-state index contributed by atoms with van der Waals surface area (Å²) in [5.41, 5.74) is 0.367. The van der Waals surface area contributed by atoms with E-state index in [1.165, 1.54) is 12.3 Å². The van der Waals surface area contributed by atoms with E-state index in [0.29, 0.717) is 5.69 Å². The lowest BCUT2D eigenvalue weighted by Gasteiger charge is -2.07. The molecule has 1 atom stereocenters. The molecule has 106 valence electrons. The standard InChI is InChI=1S/C9H13N3O5S2/c1-5(8(14)15)10-7(13)3-6-4-18-9(11-6)12-19(2,16)17/h4-5H,3H2,1-2H3,(H,10,13)(H,11,12)(H,14,15).